The average Bonchev–Trinajstić information content (AvgIpc) is 2.96. The van der Waals surface area contributed by atoms with E-state index in [9.17, 15) is 4.79 Å². The van der Waals surface area contributed by atoms with Crippen molar-refractivity contribution in [2.75, 3.05) is 20.1 Å². The highest BCUT2D eigenvalue weighted by Gasteiger charge is 2.26. The maximum Gasteiger partial charge on any atom is 0.265 e. The number of nitrogens with zero attached hydrogens (tertiary/aromatic N) is 2. The van der Waals surface area contributed by atoms with Gasteiger partial charge in [0, 0.05) is 23.7 Å². The molecule has 0 radical (unpaired) electrons. The highest BCUT2D eigenvalue weighted by atomic mass is 35.5. The average molecular weight is 423 g/mol. The number of carbonyl (C=O) groups excluding carboxylic acids is 1. The Morgan fingerprint density at radius 2 is 1.84 bits per heavy atom. The Morgan fingerprint density at radius 3 is 2.44 bits per heavy atom. The number of carbonyl (C=O) groups is 1. The van der Waals surface area contributed by atoms with E-state index >= 15 is 0 Å². The summed E-state index contributed by atoms with van der Waals surface area (Å²) in [5.74, 6) is 0.0760. The predicted molar refractivity (Wildman–Crippen MR) is 110 cm³/mol. The molecule has 8 heteroatoms. The summed E-state index contributed by atoms with van der Waals surface area (Å²) in [6, 6.07) is 7.87. The van der Waals surface area contributed by atoms with Gasteiger partial charge in [0.05, 0.1) is 5.69 Å². The first-order chi connectivity index (χ1) is 11.1. The van der Waals surface area contributed by atoms with Crippen LogP contribution in [-0.4, -0.2) is 42.0 Å². The molecule has 1 N–H and O–H groups in total. The third kappa shape index (κ3) is 5.08. The molecule has 0 saturated carbocycles. The third-order valence-corrected chi connectivity index (χ3v) is 5.71. The van der Waals surface area contributed by atoms with Gasteiger partial charge in [-0.25, -0.2) is 4.98 Å². The van der Waals surface area contributed by atoms with Crippen molar-refractivity contribution in [1.82, 2.24) is 15.2 Å². The minimum Gasteiger partial charge on any atom is -0.338 e. The van der Waals surface area contributed by atoms with E-state index in [2.05, 4.69) is 10.3 Å². The highest BCUT2D eigenvalue weighted by molar-refractivity contribution is 7.17. The Bertz CT molecular complexity index is 700. The van der Waals surface area contributed by atoms with Gasteiger partial charge in [-0.15, -0.1) is 36.2 Å². The monoisotopic (exact) mass is 421 g/mol. The summed E-state index contributed by atoms with van der Waals surface area (Å²) in [6.45, 7) is 3.85. The predicted octanol–water partition coefficient (Wildman–Crippen LogP) is 4.44. The van der Waals surface area contributed by atoms with Crippen LogP contribution >= 0.6 is 47.8 Å². The fourth-order valence-corrected chi connectivity index (χ4v) is 4.01. The summed E-state index contributed by atoms with van der Waals surface area (Å²) in [5.41, 5.74) is 1.79. The molecule has 1 aliphatic heterocycles. The molecule has 4 nitrogen and oxygen atoms in total. The zero-order chi connectivity index (χ0) is 16.4. The van der Waals surface area contributed by atoms with Crippen LogP contribution in [0.15, 0.2) is 24.3 Å². The van der Waals surface area contributed by atoms with Crippen LogP contribution in [0.2, 0.25) is 5.02 Å². The van der Waals surface area contributed by atoms with Gasteiger partial charge in [0.15, 0.2) is 0 Å². The minimum atomic E-state index is 0. The minimum absolute atomic E-state index is 0. The first kappa shape index (κ1) is 22.2. The van der Waals surface area contributed by atoms with Crippen molar-refractivity contribution >= 4 is 53.7 Å². The topological polar surface area (TPSA) is 45.2 Å². The molecule has 3 rings (SSSR count). The van der Waals surface area contributed by atoms with Gasteiger partial charge in [0.1, 0.15) is 9.88 Å². The lowest BCUT2D eigenvalue weighted by molar-refractivity contribution is 0.0707. The molecular formula is C17H22Cl3N3OS. The molecule has 1 aliphatic rings. The molecule has 0 bridgehead atoms. The quantitative estimate of drug-likeness (QED) is 0.795. The molecule has 0 atom stereocenters. The second kappa shape index (κ2) is 9.74. The lowest BCUT2D eigenvalue weighted by Gasteiger charge is -2.31. The van der Waals surface area contributed by atoms with E-state index in [1.165, 1.54) is 11.3 Å². The number of aryl methyl sites for hydroxylation is 1. The molecule has 25 heavy (non-hydrogen) atoms. The Kier molecular flexibility index (Phi) is 8.64. The number of hydrogen-bond acceptors (Lipinski definition) is 4. The van der Waals surface area contributed by atoms with Crippen LogP contribution in [0.3, 0.4) is 0 Å². The first-order valence-corrected chi connectivity index (χ1v) is 8.97. The fourth-order valence-electron chi connectivity index (χ4n) is 2.83. The Morgan fingerprint density at radius 1 is 1.24 bits per heavy atom. The van der Waals surface area contributed by atoms with Crippen molar-refractivity contribution in [3.63, 3.8) is 0 Å². The molecule has 1 fully saturated rings. The van der Waals surface area contributed by atoms with Crippen molar-refractivity contribution in [2.45, 2.75) is 25.8 Å². The summed E-state index contributed by atoms with van der Waals surface area (Å²) in [7, 11) is 1.90. The van der Waals surface area contributed by atoms with Crippen molar-refractivity contribution in [1.29, 1.82) is 0 Å². The van der Waals surface area contributed by atoms with Crippen LogP contribution in [0.5, 0.6) is 0 Å². The summed E-state index contributed by atoms with van der Waals surface area (Å²) in [5, 5.41) is 4.89. The molecule has 2 aromatic rings. The Labute approximate surface area is 169 Å². The second-order valence-corrected chi connectivity index (χ2v) is 7.27. The highest BCUT2D eigenvalue weighted by Crippen LogP contribution is 2.30. The zero-order valence-electron chi connectivity index (χ0n) is 14.1. The summed E-state index contributed by atoms with van der Waals surface area (Å²) in [6.07, 6.45) is 2.01. The molecular weight excluding hydrogens is 401 g/mol. The number of piperidine rings is 1. The van der Waals surface area contributed by atoms with E-state index in [0.717, 1.165) is 47.1 Å². The van der Waals surface area contributed by atoms with E-state index in [0.29, 0.717) is 11.1 Å². The van der Waals surface area contributed by atoms with Crippen LogP contribution in [0.25, 0.3) is 10.6 Å². The van der Waals surface area contributed by atoms with Crippen LogP contribution in [0.4, 0.5) is 0 Å². The molecule has 1 amide bonds. The van der Waals surface area contributed by atoms with Gasteiger partial charge < -0.3 is 10.2 Å². The molecule has 138 valence electrons. The molecule has 2 heterocycles. The van der Waals surface area contributed by atoms with Crippen LogP contribution in [-0.2, 0) is 0 Å². The van der Waals surface area contributed by atoms with E-state index in [1.54, 1.807) is 0 Å². The summed E-state index contributed by atoms with van der Waals surface area (Å²) < 4.78 is 0. The number of rotatable bonds is 3. The van der Waals surface area contributed by atoms with Gasteiger partial charge >= 0.3 is 0 Å². The largest absolute Gasteiger partial charge is 0.338 e. The normalized spacial score (nSPS) is 14.4. The van der Waals surface area contributed by atoms with Gasteiger partial charge in [-0.2, -0.15) is 0 Å². The number of halogens is 3. The standard InChI is InChI=1S/C17H20ClN3OS.2ClH/c1-11-15(17(22)21(2)14-7-9-19-10-8-14)23-16(20-11)12-3-5-13(18)6-4-12;;/h3-6,14,19H,7-10H2,1-2H3;2*1H. The van der Waals surface area contributed by atoms with Gasteiger partial charge in [0.2, 0.25) is 0 Å². The van der Waals surface area contributed by atoms with E-state index in [1.807, 2.05) is 43.1 Å². The van der Waals surface area contributed by atoms with Crippen LogP contribution in [0, 0.1) is 6.92 Å². The van der Waals surface area contributed by atoms with E-state index in [-0.39, 0.29) is 30.7 Å². The number of benzene rings is 1. The lowest BCUT2D eigenvalue weighted by atomic mass is 10.1. The maximum atomic E-state index is 12.8. The third-order valence-electron chi connectivity index (χ3n) is 4.26. The SMILES string of the molecule is Cc1nc(-c2ccc(Cl)cc2)sc1C(=O)N(C)C1CCNCC1.Cl.Cl. The smallest absolute Gasteiger partial charge is 0.265 e. The van der Waals surface area contributed by atoms with Crippen molar-refractivity contribution in [3.05, 3.63) is 39.9 Å². The Balaban J connectivity index is 0.00000156. The van der Waals surface area contributed by atoms with Gasteiger partial charge in [-0.05, 0) is 45.0 Å². The molecule has 0 unspecified atom stereocenters. The lowest BCUT2D eigenvalue weighted by Crippen LogP contribution is -2.43. The van der Waals surface area contributed by atoms with Gasteiger partial charge in [-0.3, -0.25) is 4.79 Å². The van der Waals surface area contributed by atoms with E-state index in [4.69, 9.17) is 11.6 Å². The number of aromatic nitrogens is 1. The van der Waals surface area contributed by atoms with Gasteiger partial charge in [-0.1, -0.05) is 23.7 Å². The van der Waals surface area contributed by atoms with Crippen molar-refractivity contribution < 1.29 is 4.79 Å². The van der Waals surface area contributed by atoms with Crippen molar-refractivity contribution in [3.8, 4) is 10.6 Å². The first-order valence-electron chi connectivity index (χ1n) is 7.77. The molecule has 1 saturated heterocycles. The van der Waals surface area contributed by atoms with Crippen molar-refractivity contribution in [2.24, 2.45) is 0 Å². The number of amides is 1. The molecule has 0 spiro atoms. The zero-order valence-corrected chi connectivity index (χ0v) is 17.3. The summed E-state index contributed by atoms with van der Waals surface area (Å²) >= 11 is 7.39. The second-order valence-electron chi connectivity index (χ2n) is 5.84. The van der Waals surface area contributed by atoms with Crippen LogP contribution < -0.4 is 5.32 Å². The van der Waals surface area contributed by atoms with E-state index < -0.39 is 0 Å². The fraction of sp³-hybridized carbons (Fsp3) is 0.412. The molecule has 1 aromatic heterocycles. The molecule has 1 aromatic carbocycles. The number of nitrogens with one attached hydrogen (secondary N) is 1. The molecule has 0 aliphatic carbocycles. The Hall–Kier alpha value is -0.850. The number of thiazole rings is 1. The van der Waals surface area contributed by atoms with Crippen LogP contribution in [0.1, 0.15) is 28.2 Å². The van der Waals surface area contributed by atoms with Gasteiger partial charge in [0.25, 0.3) is 5.91 Å². The summed E-state index contributed by atoms with van der Waals surface area (Å²) in [4.78, 5) is 20.0. The number of hydrogen-bond donors (Lipinski definition) is 1. The maximum absolute atomic E-state index is 12.8.